The average molecular weight is 721 g/mol. The van der Waals surface area contributed by atoms with E-state index in [1.54, 1.807) is 17.0 Å². The number of carbonyl (C=O) groups is 4. The number of hydrogen-bond acceptors (Lipinski definition) is 6. The fraction of sp³-hybridized carbons (Fsp3) is 0.366. The van der Waals surface area contributed by atoms with Crippen molar-refractivity contribution in [1.29, 1.82) is 0 Å². The summed E-state index contributed by atoms with van der Waals surface area (Å²) >= 11 is 3.52. The number of ketones is 2. The van der Waals surface area contributed by atoms with Gasteiger partial charge in [0.2, 0.25) is 11.8 Å². The van der Waals surface area contributed by atoms with Crippen LogP contribution in [-0.2, 0) is 24.6 Å². The first-order valence-electron chi connectivity index (χ1n) is 17.3. The Morgan fingerprint density at radius 3 is 2.27 bits per heavy atom. The van der Waals surface area contributed by atoms with Crippen molar-refractivity contribution in [3.63, 3.8) is 0 Å². The van der Waals surface area contributed by atoms with E-state index < -0.39 is 35.0 Å². The number of benzene rings is 3. The van der Waals surface area contributed by atoms with Crippen LogP contribution >= 0.6 is 15.9 Å². The van der Waals surface area contributed by atoms with Crippen molar-refractivity contribution in [1.82, 2.24) is 4.90 Å². The fourth-order valence-corrected chi connectivity index (χ4v) is 10.3. The minimum Gasteiger partial charge on any atom is -0.503 e. The number of likely N-dealkylation sites (tertiary alicyclic amines) is 1. The number of allylic oxidation sites excluding steroid dienone is 4. The van der Waals surface area contributed by atoms with Gasteiger partial charge in [0.25, 0.3) is 0 Å². The van der Waals surface area contributed by atoms with Gasteiger partial charge in [0.1, 0.15) is 0 Å². The highest BCUT2D eigenvalue weighted by atomic mass is 79.9. The Balaban J connectivity index is 1.37. The normalized spacial score (nSPS) is 29.9. The summed E-state index contributed by atoms with van der Waals surface area (Å²) in [6, 6.07) is 22.2. The molecule has 0 aromatic heterocycles. The van der Waals surface area contributed by atoms with E-state index in [0.717, 1.165) is 37.7 Å². The quantitative estimate of drug-likeness (QED) is 0.219. The van der Waals surface area contributed by atoms with Crippen LogP contribution in [0, 0.1) is 23.7 Å². The predicted molar refractivity (Wildman–Crippen MR) is 188 cm³/mol. The molecule has 49 heavy (non-hydrogen) atoms. The molecule has 0 bridgehead atoms. The number of ether oxygens (including phenoxy) is 1. The van der Waals surface area contributed by atoms with Gasteiger partial charge in [-0.2, -0.15) is 0 Å². The highest BCUT2D eigenvalue weighted by molar-refractivity contribution is 9.10. The highest BCUT2D eigenvalue weighted by Crippen LogP contribution is 2.64. The Hall–Kier alpha value is -4.30. The van der Waals surface area contributed by atoms with Crippen LogP contribution in [0.1, 0.15) is 67.6 Å². The van der Waals surface area contributed by atoms with E-state index >= 15 is 9.59 Å². The number of fused-ring (bicyclic) bond motifs is 4. The Kier molecular flexibility index (Phi) is 7.97. The topological polar surface area (TPSA) is 101 Å². The molecule has 2 amide bonds. The monoisotopic (exact) mass is 719 g/mol. The summed E-state index contributed by atoms with van der Waals surface area (Å²) in [5, 5.41) is 10.9. The van der Waals surface area contributed by atoms with Crippen LogP contribution in [0.4, 0.5) is 0 Å². The summed E-state index contributed by atoms with van der Waals surface area (Å²) in [5.74, 6) is -3.44. The molecule has 7 nitrogen and oxygen atoms in total. The summed E-state index contributed by atoms with van der Waals surface area (Å²) in [4.78, 5) is 60.4. The van der Waals surface area contributed by atoms with E-state index in [0.29, 0.717) is 33.2 Å². The van der Waals surface area contributed by atoms with E-state index in [1.807, 2.05) is 60.7 Å². The molecule has 5 aliphatic rings. The van der Waals surface area contributed by atoms with Gasteiger partial charge in [0, 0.05) is 23.5 Å². The molecule has 2 saturated carbocycles. The van der Waals surface area contributed by atoms with Gasteiger partial charge in [-0.05, 0) is 82.4 Å². The van der Waals surface area contributed by atoms with Gasteiger partial charge in [-0.1, -0.05) is 91.6 Å². The summed E-state index contributed by atoms with van der Waals surface area (Å²) in [7, 11) is 1.47. The standard InChI is InChI=1S/C41H38BrNO6/c1-49-33-20-24(19-32(42)38(33)46)36-27-17-18-28-35(40(48)43(39(28)47)26-15-9-4-10-16-26)30(27)21-31-37(45)29(23-11-5-2-6-12-23)22-34(44)41(31,36)25-13-7-3-8-14-25/h2-3,5-8,11-14,17,19-20,22,26,28,30-31,35-36,46H,4,9-10,15-16,18,21H2,1H3. The van der Waals surface area contributed by atoms with Crippen molar-refractivity contribution in [3.05, 3.63) is 112 Å². The molecule has 3 aromatic rings. The van der Waals surface area contributed by atoms with Crippen LogP contribution in [0.15, 0.2) is 95.0 Å². The number of hydrogen-bond donors (Lipinski definition) is 1. The summed E-state index contributed by atoms with van der Waals surface area (Å²) < 4.78 is 6.00. The van der Waals surface area contributed by atoms with E-state index in [2.05, 4.69) is 22.0 Å². The zero-order valence-corrected chi connectivity index (χ0v) is 28.9. The van der Waals surface area contributed by atoms with Gasteiger partial charge in [-0.15, -0.1) is 0 Å². The number of phenolic OH excluding ortho intramolecular Hbond substituents is 1. The first-order valence-corrected chi connectivity index (χ1v) is 18.1. The first-order chi connectivity index (χ1) is 23.8. The number of Topliss-reactive ketones (excluding diaryl/α,β-unsaturated/α-hetero) is 1. The van der Waals surface area contributed by atoms with Gasteiger partial charge >= 0.3 is 0 Å². The number of aromatic hydroxyl groups is 1. The second-order valence-electron chi connectivity index (χ2n) is 14.2. The van der Waals surface area contributed by atoms with Gasteiger partial charge in [-0.3, -0.25) is 24.1 Å². The van der Waals surface area contributed by atoms with Crippen molar-refractivity contribution in [3.8, 4) is 11.5 Å². The number of carbonyl (C=O) groups excluding carboxylic acids is 4. The molecule has 4 aliphatic carbocycles. The number of amides is 2. The van der Waals surface area contributed by atoms with Crippen LogP contribution in [0.3, 0.4) is 0 Å². The largest absolute Gasteiger partial charge is 0.503 e. The molecule has 1 aliphatic heterocycles. The second kappa shape index (κ2) is 12.2. The maximum absolute atomic E-state index is 15.2. The molecular formula is C41H38BrNO6. The molecule has 1 heterocycles. The Morgan fingerprint density at radius 2 is 1.57 bits per heavy atom. The number of rotatable bonds is 5. The number of halogens is 1. The molecule has 250 valence electrons. The molecular weight excluding hydrogens is 682 g/mol. The van der Waals surface area contributed by atoms with E-state index in [1.165, 1.54) is 13.2 Å². The smallest absolute Gasteiger partial charge is 0.233 e. The predicted octanol–water partition coefficient (Wildman–Crippen LogP) is 7.32. The van der Waals surface area contributed by atoms with Gasteiger partial charge in [-0.25, -0.2) is 0 Å². The summed E-state index contributed by atoms with van der Waals surface area (Å²) in [6.45, 7) is 0. The lowest BCUT2D eigenvalue weighted by atomic mass is 9.44. The van der Waals surface area contributed by atoms with Crippen LogP contribution in [0.5, 0.6) is 11.5 Å². The zero-order chi connectivity index (χ0) is 34.0. The molecule has 8 heteroatoms. The highest BCUT2D eigenvalue weighted by Gasteiger charge is 2.66. The Morgan fingerprint density at radius 1 is 0.878 bits per heavy atom. The molecule has 1 N–H and O–H groups in total. The molecule has 6 unspecified atom stereocenters. The second-order valence-corrected chi connectivity index (χ2v) is 15.0. The zero-order valence-electron chi connectivity index (χ0n) is 27.3. The van der Waals surface area contributed by atoms with Crippen molar-refractivity contribution in [2.75, 3.05) is 7.11 Å². The Labute approximate surface area is 294 Å². The summed E-state index contributed by atoms with van der Waals surface area (Å²) in [5.41, 5.74) is 1.99. The molecule has 3 fully saturated rings. The number of phenols is 1. The molecule has 6 atom stereocenters. The lowest BCUT2D eigenvalue weighted by Crippen LogP contribution is -2.58. The van der Waals surface area contributed by atoms with Crippen molar-refractivity contribution in [2.24, 2.45) is 23.7 Å². The lowest BCUT2D eigenvalue weighted by molar-refractivity contribution is -0.144. The third kappa shape index (κ3) is 4.73. The number of methoxy groups -OCH3 is 1. The van der Waals surface area contributed by atoms with Gasteiger partial charge in [0.15, 0.2) is 23.1 Å². The minimum absolute atomic E-state index is 0.0707. The SMILES string of the molecule is COc1cc(C2C3=CCC4C(=O)N(C5CCCCC5)C(=O)C4C3CC3C(=O)C(c4ccccc4)=CC(=O)C32c2ccccc2)cc(Br)c1O. The van der Waals surface area contributed by atoms with Crippen LogP contribution in [-0.4, -0.2) is 46.5 Å². The van der Waals surface area contributed by atoms with Crippen LogP contribution in [0.2, 0.25) is 0 Å². The van der Waals surface area contributed by atoms with Gasteiger partial charge in [0.05, 0.1) is 28.8 Å². The summed E-state index contributed by atoms with van der Waals surface area (Å²) in [6.07, 6.45) is 9.00. The van der Waals surface area contributed by atoms with Crippen molar-refractivity contribution >= 4 is 44.9 Å². The van der Waals surface area contributed by atoms with Crippen LogP contribution in [0.25, 0.3) is 5.57 Å². The first kappa shape index (κ1) is 31.9. The lowest BCUT2D eigenvalue weighted by Gasteiger charge is -2.55. The van der Waals surface area contributed by atoms with Gasteiger partial charge < -0.3 is 9.84 Å². The third-order valence-corrected chi connectivity index (χ3v) is 12.6. The van der Waals surface area contributed by atoms with Crippen molar-refractivity contribution in [2.45, 2.75) is 62.3 Å². The third-order valence-electron chi connectivity index (χ3n) is 12.0. The van der Waals surface area contributed by atoms with Crippen LogP contribution < -0.4 is 4.74 Å². The Bertz CT molecular complexity index is 1930. The van der Waals surface area contributed by atoms with E-state index in [4.69, 9.17) is 4.74 Å². The molecule has 1 saturated heterocycles. The fourth-order valence-electron chi connectivity index (χ4n) is 9.89. The molecule has 3 aromatic carbocycles. The maximum Gasteiger partial charge on any atom is 0.233 e. The minimum atomic E-state index is -1.35. The number of imide groups is 1. The van der Waals surface area contributed by atoms with Crippen molar-refractivity contribution < 1.29 is 29.0 Å². The average Bonchev–Trinajstić information content (AvgIpc) is 3.40. The van der Waals surface area contributed by atoms with E-state index in [9.17, 15) is 14.7 Å². The molecule has 8 rings (SSSR count). The van der Waals surface area contributed by atoms with E-state index in [-0.39, 0.29) is 47.3 Å². The maximum atomic E-state index is 15.2. The molecule has 0 spiro atoms. The molecule has 0 radical (unpaired) electrons. The number of nitrogens with zero attached hydrogens (tertiary/aromatic N) is 1.